The molecule has 2 aliphatic rings. The smallest absolute Gasteiger partial charge is 0.0622 e. The number of hydrogen-bond donors (Lipinski definition) is 0. The van der Waals surface area contributed by atoms with E-state index in [1.54, 1.807) is 0 Å². The van der Waals surface area contributed by atoms with E-state index in [0.717, 1.165) is 0 Å². The Bertz CT molecular complexity index is 3210. The minimum absolute atomic E-state index is 0.484. The van der Waals surface area contributed by atoms with E-state index in [4.69, 9.17) is 0 Å². The summed E-state index contributed by atoms with van der Waals surface area (Å²) in [5.74, 6) is 0. The van der Waals surface area contributed by atoms with Crippen molar-refractivity contribution in [2.45, 2.75) is 10.8 Å². The van der Waals surface area contributed by atoms with Crippen molar-refractivity contribution in [2.24, 2.45) is 0 Å². The molecule has 13 rings (SSSR count). The third-order valence-electron chi connectivity index (χ3n) is 14.4. The van der Waals surface area contributed by atoms with Gasteiger partial charge in [0.15, 0.2) is 0 Å². The Hall–Kier alpha value is -8.06. The molecule has 0 bridgehead atoms. The van der Waals surface area contributed by atoms with Crippen LogP contribution < -0.4 is 0 Å². The topological polar surface area (TPSA) is 0 Å². The van der Waals surface area contributed by atoms with Crippen molar-refractivity contribution in [3.05, 3.63) is 299 Å². The predicted octanol–water partition coefficient (Wildman–Crippen LogP) is 16.1. The van der Waals surface area contributed by atoms with Crippen LogP contribution in [-0.4, -0.2) is 0 Å². The van der Waals surface area contributed by atoms with Crippen molar-refractivity contribution in [3.8, 4) is 44.5 Å². The van der Waals surface area contributed by atoms with Gasteiger partial charge in [0.2, 0.25) is 0 Å². The first kappa shape index (κ1) is 36.6. The molecule has 11 aromatic rings. The molecule has 0 atom stereocenters. The summed E-state index contributed by atoms with van der Waals surface area (Å²) in [4.78, 5) is 0. The fourth-order valence-electron chi connectivity index (χ4n) is 12.0. The van der Waals surface area contributed by atoms with Crippen LogP contribution in [0.25, 0.3) is 66.1 Å². The van der Waals surface area contributed by atoms with Crippen LogP contribution in [0.15, 0.2) is 255 Å². The molecule has 64 heavy (non-hydrogen) atoms. The van der Waals surface area contributed by atoms with Crippen molar-refractivity contribution < 1.29 is 0 Å². The van der Waals surface area contributed by atoms with Gasteiger partial charge in [0.05, 0.1) is 10.8 Å². The summed E-state index contributed by atoms with van der Waals surface area (Å²) in [6, 6.07) is 95.3. The number of benzene rings is 11. The molecule has 0 saturated heterocycles. The Morgan fingerprint density at radius 1 is 0.203 bits per heavy atom. The van der Waals surface area contributed by atoms with Crippen LogP contribution in [0.4, 0.5) is 0 Å². The van der Waals surface area contributed by atoms with Crippen LogP contribution in [0.5, 0.6) is 0 Å². The fraction of sp³-hybridized carbons (Fsp3) is 0.0312. The van der Waals surface area contributed by atoms with Gasteiger partial charge in [-0.15, -0.1) is 0 Å². The van der Waals surface area contributed by atoms with Gasteiger partial charge in [-0.2, -0.15) is 0 Å². The SMILES string of the molecule is c1ccc(C2(c3ccccc3)c3ccccc3-c3ccc(-c4c5ccccc5c(-c5ccc6c(c5)C(c5ccccc5)(c5ccccc5)c5ccccc5-6)c5ccccc45)cc32)cc1. The van der Waals surface area contributed by atoms with Gasteiger partial charge in [0, 0.05) is 0 Å². The molecule has 0 fully saturated rings. The lowest BCUT2D eigenvalue weighted by Gasteiger charge is -2.34. The number of fused-ring (bicyclic) bond motifs is 8. The highest BCUT2D eigenvalue weighted by atomic mass is 14.5. The molecular weight excluding hydrogens is 769 g/mol. The largest absolute Gasteiger partial charge is 0.0713 e. The molecule has 0 radical (unpaired) electrons. The van der Waals surface area contributed by atoms with Gasteiger partial charge in [0.1, 0.15) is 0 Å². The van der Waals surface area contributed by atoms with Crippen LogP contribution in [0.1, 0.15) is 44.5 Å². The number of rotatable bonds is 6. The number of hydrogen-bond acceptors (Lipinski definition) is 0. The van der Waals surface area contributed by atoms with Crippen molar-refractivity contribution in [1.82, 2.24) is 0 Å². The second-order valence-electron chi connectivity index (χ2n) is 17.4. The summed E-state index contributed by atoms with van der Waals surface area (Å²) in [5.41, 5.74) is 19.5. The average molecular weight is 811 g/mol. The van der Waals surface area contributed by atoms with E-state index in [9.17, 15) is 0 Å². The van der Waals surface area contributed by atoms with Crippen LogP contribution in [0.2, 0.25) is 0 Å². The molecule has 0 saturated carbocycles. The molecule has 0 amide bonds. The highest BCUT2D eigenvalue weighted by Crippen LogP contribution is 2.59. The van der Waals surface area contributed by atoms with E-state index in [2.05, 4.69) is 255 Å². The summed E-state index contributed by atoms with van der Waals surface area (Å²) >= 11 is 0. The summed E-state index contributed by atoms with van der Waals surface area (Å²) in [6.07, 6.45) is 0. The molecule has 0 heterocycles. The zero-order chi connectivity index (χ0) is 42.2. The van der Waals surface area contributed by atoms with Gasteiger partial charge in [-0.05, 0) is 123 Å². The molecule has 0 N–H and O–H groups in total. The summed E-state index contributed by atoms with van der Waals surface area (Å²) in [7, 11) is 0. The highest BCUT2D eigenvalue weighted by molar-refractivity contribution is 6.21. The van der Waals surface area contributed by atoms with E-state index < -0.39 is 10.8 Å². The third kappa shape index (κ3) is 5.00. The van der Waals surface area contributed by atoms with E-state index in [1.807, 2.05) is 0 Å². The summed E-state index contributed by atoms with van der Waals surface area (Å²) < 4.78 is 0. The maximum atomic E-state index is 2.52. The minimum Gasteiger partial charge on any atom is -0.0622 e. The van der Waals surface area contributed by atoms with E-state index in [-0.39, 0.29) is 0 Å². The lowest BCUT2D eigenvalue weighted by molar-refractivity contribution is 0.769. The monoisotopic (exact) mass is 810 g/mol. The Morgan fingerprint density at radius 2 is 0.469 bits per heavy atom. The van der Waals surface area contributed by atoms with Crippen LogP contribution in [-0.2, 0) is 10.8 Å². The maximum Gasteiger partial charge on any atom is 0.0713 e. The molecule has 298 valence electrons. The second-order valence-corrected chi connectivity index (χ2v) is 17.4. The Morgan fingerprint density at radius 3 is 0.797 bits per heavy atom. The molecule has 11 aromatic carbocycles. The summed E-state index contributed by atoms with van der Waals surface area (Å²) in [6.45, 7) is 0. The summed E-state index contributed by atoms with van der Waals surface area (Å²) in [5, 5.41) is 4.99. The van der Waals surface area contributed by atoms with Crippen molar-refractivity contribution in [3.63, 3.8) is 0 Å². The zero-order valence-electron chi connectivity index (χ0n) is 35.2. The predicted molar refractivity (Wildman–Crippen MR) is 267 cm³/mol. The first-order valence-electron chi connectivity index (χ1n) is 22.4. The first-order chi connectivity index (χ1) is 31.8. The molecule has 0 spiro atoms. The zero-order valence-corrected chi connectivity index (χ0v) is 35.2. The van der Waals surface area contributed by atoms with Crippen LogP contribution >= 0.6 is 0 Å². The maximum absolute atomic E-state index is 2.52. The van der Waals surface area contributed by atoms with Crippen LogP contribution in [0, 0.1) is 0 Å². The van der Waals surface area contributed by atoms with Gasteiger partial charge in [-0.3, -0.25) is 0 Å². The lowest BCUT2D eigenvalue weighted by atomic mass is 9.67. The standard InChI is InChI=1S/C64H42/c1-5-21-45(22-6-1)63(46-23-7-2-8-24-46)57-35-19-17-29-49(57)51-39-37-43(41-59(51)63)61-53-31-13-15-33-55(53)62(56-34-16-14-32-54(56)61)44-38-40-52-50-30-18-20-36-58(50)64(60(52)42-44,47-25-9-3-10-26-47)48-27-11-4-12-28-48/h1-42H. The normalized spacial score (nSPS) is 13.9. The molecule has 0 nitrogen and oxygen atoms in total. The van der Waals surface area contributed by atoms with Crippen LogP contribution in [0.3, 0.4) is 0 Å². The first-order valence-corrected chi connectivity index (χ1v) is 22.4. The second kappa shape index (κ2) is 14.2. The van der Waals surface area contributed by atoms with Gasteiger partial charge >= 0.3 is 0 Å². The lowest BCUT2D eigenvalue weighted by Crippen LogP contribution is -2.28. The highest BCUT2D eigenvalue weighted by Gasteiger charge is 2.47. The van der Waals surface area contributed by atoms with Crippen molar-refractivity contribution in [1.29, 1.82) is 0 Å². The third-order valence-corrected chi connectivity index (χ3v) is 14.4. The molecule has 0 heteroatoms. The molecule has 0 aliphatic heterocycles. The van der Waals surface area contributed by atoms with E-state index in [1.165, 1.54) is 111 Å². The Labute approximate surface area is 374 Å². The van der Waals surface area contributed by atoms with Gasteiger partial charge in [-0.1, -0.05) is 243 Å². The molecule has 0 unspecified atom stereocenters. The van der Waals surface area contributed by atoms with Gasteiger partial charge in [-0.25, -0.2) is 0 Å². The average Bonchev–Trinajstić information content (AvgIpc) is 3.84. The fourth-order valence-corrected chi connectivity index (χ4v) is 12.0. The molecule has 2 aliphatic carbocycles. The van der Waals surface area contributed by atoms with Gasteiger partial charge < -0.3 is 0 Å². The minimum atomic E-state index is -0.484. The Balaban J connectivity index is 1.08. The quantitative estimate of drug-likeness (QED) is 0.147. The molecular formula is C64H42. The van der Waals surface area contributed by atoms with E-state index in [0.29, 0.717) is 0 Å². The van der Waals surface area contributed by atoms with Crippen molar-refractivity contribution in [2.75, 3.05) is 0 Å². The molecule has 0 aromatic heterocycles. The van der Waals surface area contributed by atoms with Crippen molar-refractivity contribution >= 4 is 21.5 Å². The van der Waals surface area contributed by atoms with Gasteiger partial charge in [0.25, 0.3) is 0 Å². The Kier molecular flexibility index (Phi) is 8.14. The van der Waals surface area contributed by atoms with E-state index >= 15 is 0 Å².